The predicted octanol–water partition coefficient (Wildman–Crippen LogP) is 4.93. The average molecular weight is 362 g/mol. The highest BCUT2D eigenvalue weighted by atomic mass is 32.1. The fourth-order valence-electron chi connectivity index (χ4n) is 5.04. The van der Waals surface area contributed by atoms with E-state index in [0.29, 0.717) is 5.92 Å². The zero-order chi connectivity index (χ0) is 16.9. The molecule has 0 saturated carbocycles. The Labute approximate surface area is 153 Å². The van der Waals surface area contributed by atoms with Gasteiger partial charge in [0.05, 0.1) is 0 Å². The van der Waals surface area contributed by atoms with Crippen molar-refractivity contribution in [2.75, 3.05) is 7.05 Å². The zero-order valence-electron chi connectivity index (χ0n) is 14.8. The molecule has 2 bridgehead atoms. The van der Waals surface area contributed by atoms with Crippen molar-refractivity contribution in [2.45, 2.75) is 63.6 Å². The molecular formula is C20H27NOS2. The Hall–Kier alpha value is -0.680. The van der Waals surface area contributed by atoms with Crippen molar-refractivity contribution >= 4 is 22.7 Å². The summed E-state index contributed by atoms with van der Waals surface area (Å²) in [5, 5.41) is 20.6. The fourth-order valence-corrected chi connectivity index (χ4v) is 6.87. The summed E-state index contributed by atoms with van der Waals surface area (Å²) in [6.45, 7) is 4.27. The molecule has 2 aromatic heterocycles. The maximum atomic E-state index is 11.9. The summed E-state index contributed by atoms with van der Waals surface area (Å²) >= 11 is 3.41. The number of hydrogen-bond donors (Lipinski definition) is 1. The van der Waals surface area contributed by atoms with Crippen molar-refractivity contribution in [3.63, 3.8) is 0 Å². The number of hydrogen-bond acceptors (Lipinski definition) is 4. The molecule has 3 atom stereocenters. The minimum atomic E-state index is -0.825. The van der Waals surface area contributed by atoms with E-state index in [1.165, 1.54) is 36.8 Å². The lowest BCUT2D eigenvalue weighted by atomic mass is 9.75. The highest BCUT2D eigenvalue weighted by Crippen LogP contribution is 2.46. The smallest absolute Gasteiger partial charge is 0.117 e. The van der Waals surface area contributed by atoms with Gasteiger partial charge in [-0.25, -0.2) is 0 Å². The van der Waals surface area contributed by atoms with Crippen LogP contribution in [0, 0.1) is 19.8 Å². The van der Waals surface area contributed by atoms with E-state index in [1.54, 1.807) is 22.7 Å². The minimum absolute atomic E-state index is 0.613. The molecule has 2 nitrogen and oxygen atoms in total. The Morgan fingerprint density at radius 2 is 1.50 bits per heavy atom. The van der Waals surface area contributed by atoms with Crippen LogP contribution in [-0.4, -0.2) is 29.1 Å². The Kier molecular flexibility index (Phi) is 4.36. The Balaban J connectivity index is 1.67. The van der Waals surface area contributed by atoms with E-state index in [9.17, 15) is 5.11 Å². The first-order chi connectivity index (χ1) is 11.5. The second-order valence-electron chi connectivity index (χ2n) is 7.89. The summed E-state index contributed by atoms with van der Waals surface area (Å²) < 4.78 is 0. The highest BCUT2D eigenvalue weighted by molar-refractivity contribution is 7.08. The van der Waals surface area contributed by atoms with Crippen LogP contribution < -0.4 is 0 Å². The van der Waals surface area contributed by atoms with E-state index in [-0.39, 0.29) is 0 Å². The van der Waals surface area contributed by atoms with Crippen LogP contribution in [0.3, 0.4) is 0 Å². The van der Waals surface area contributed by atoms with Crippen molar-refractivity contribution < 1.29 is 5.11 Å². The van der Waals surface area contributed by atoms with Crippen LogP contribution in [0.2, 0.25) is 0 Å². The average Bonchev–Trinajstić information content (AvgIpc) is 3.20. The molecule has 0 amide bonds. The molecule has 2 saturated heterocycles. The summed E-state index contributed by atoms with van der Waals surface area (Å²) in [5.74, 6) is 0.613. The van der Waals surface area contributed by atoms with E-state index in [0.717, 1.165) is 29.6 Å². The lowest BCUT2D eigenvalue weighted by Gasteiger charge is -2.40. The molecule has 0 aromatic carbocycles. The van der Waals surface area contributed by atoms with Gasteiger partial charge in [-0.15, -0.1) is 0 Å². The third-order valence-corrected chi connectivity index (χ3v) is 8.11. The van der Waals surface area contributed by atoms with Crippen LogP contribution in [0.1, 0.15) is 54.4 Å². The number of thiophene rings is 2. The maximum absolute atomic E-state index is 11.9. The Morgan fingerprint density at radius 3 is 1.92 bits per heavy atom. The second-order valence-corrected chi connectivity index (χ2v) is 9.38. The van der Waals surface area contributed by atoms with Gasteiger partial charge in [0.15, 0.2) is 0 Å². The van der Waals surface area contributed by atoms with Gasteiger partial charge in [0.2, 0.25) is 0 Å². The summed E-state index contributed by atoms with van der Waals surface area (Å²) in [5.41, 5.74) is 3.88. The largest absolute Gasteiger partial charge is 0.380 e. The Bertz CT molecular complexity index is 665. The van der Waals surface area contributed by atoms with Crippen LogP contribution in [0.15, 0.2) is 21.5 Å². The van der Waals surface area contributed by atoms with Crippen LogP contribution in [0.4, 0.5) is 0 Å². The van der Waals surface area contributed by atoms with Gasteiger partial charge in [0.1, 0.15) is 5.60 Å². The molecule has 2 aromatic rings. The molecule has 0 spiro atoms. The van der Waals surface area contributed by atoms with Gasteiger partial charge < -0.3 is 10.0 Å². The first-order valence-corrected chi connectivity index (χ1v) is 10.9. The van der Waals surface area contributed by atoms with Crippen molar-refractivity contribution in [1.82, 2.24) is 4.90 Å². The SMILES string of the molecule is Cc1cscc1C(O)(C[C@H]1C[C@H]2CC[C@@H](C1)N2C)c1cscc1C. The van der Waals surface area contributed by atoms with Gasteiger partial charge in [0, 0.05) is 23.2 Å². The lowest BCUT2D eigenvalue weighted by molar-refractivity contribution is 0.0265. The number of nitrogens with zero attached hydrogens (tertiary/aromatic N) is 1. The van der Waals surface area contributed by atoms with Crippen molar-refractivity contribution in [3.8, 4) is 0 Å². The number of piperidine rings is 1. The van der Waals surface area contributed by atoms with Gasteiger partial charge in [-0.05, 0) is 91.6 Å². The molecule has 2 aliphatic rings. The van der Waals surface area contributed by atoms with Crippen LogP contribution in [0.5, 0.6) is 0 Å². The monoisotopic (exact) mass is 361 g/mol. The van der Waals surface area contributed by atoms with E-state index >= 15 is 0 Å². The molecule has 2 aliphatic heterocycles. The van der Waals surface area contributed by atoms with Crippen molar-refractivity contribution in [3.05, 3.63) is 43.8 Å². The van der Waals surface area contributed by atoms with E-state index in [1.807, 2.05) is 0 Å². The molecule has 0 unspecified atom stereocenters. The van der Waals surface area contributed by atoms with Gasteiger partial charge in [0.25, 0.3) is 0 Å². The molecule has 0 aliphatic carbocycles. The van der Waals surface area contributed by atoms with Crippen molar-refractivity contribution in [2.24, 2.45) is 5.92 Å². The standard InChI is InChI=1S/C20H27NOS2/c1-13-9-23-11-18(13)20(22,19-12-24-10-14(19)2)8-15-6-16-4-5-17(7-15)21(16)3/h9-12,15-17,22H,4-8H2,1-3H3/t15-,16+,17-. The van der Waals surface area contributed by atoms with Crippen LogP contribution in [0.25, 0.3) is 0 Å². The Morgan fingerprint density at radius 1 is 1.00 bits per heavy atom. The van der Waals surface area contributed by atoms with Gasteiger partial charge >= 0.3 is 0 Å². The molecule has 1 N–H and O–H groups in total. The molecule has 0 radical (unpaired) electrons. The summed E-state index contributed by atoms with van der Waals surface area (Å²) in [7, 11) is 2.29. The molecule has 4 rings (SSSR count). The third kappa shape index (κ3) is 2.68. The van der Waals surface area contributed by atoms with E-state index in [4.69, 9.17) is 0 Å². The van der Waals surface area contributed by atoms with Gasteiger partial charge in [-0.2, -0.15) is 22.7 Å². The number of rotatable bonds is 4. The maximum Gasteiger partial charge on any atom is 0.117 e. The fraction of sp³-hybridized carbons (Fsp3) is 0.600. The van der Waals surface area contributed by atoms with Crippen LogP contribution in [-0.2, 0) is 5.60 Å². The highest BCUT2D eigenvalue weighted by Gasteiger charge is 2.43. The first kappa shape index (κ1) is 16.8. The molecule has 130 valence electrons. The number of aryl methyl sites for hydroxylation is 2. The van der Waals surface area contributed by atoms with Crippen LogP contribution >= 0.6 is 22.7 Å². The van der Waals surface area contributed by atoms with E-state index in [2.05, 4.69) is 47.3 Å². The number of aliphatic hydroxyl groups is 1. The topological polar surface area (TPSA) is 23.5 Å². The lowest BCUT2D eigenvalue weighted by Crippen LogP contribution is -2.42. The normalized spacial score (nSPS) is 27.8. The number of fused-ring (bicyclic) bond motifs is 2. The van der Waals surface area contributed by atoms with E-state index < -0.39 is 5.60 Å². The minimum Gasteiger partial charge on any atom is -0.380 e. The first-order valence-electron chi connectivity index (χ1n) is 9.00. The van der Waals surface area contributed by atoms with Gasteiger partial charge in [-0.1, -0.05) is 0 Å². The van der Waals surface area contributed by atoms with Crippen molar-refractivity contribution in [1.29, 1.82) is 0 Å². The zero-order valence-corrected chi connectivity index (χ0v) is 16.4. The second kappa shape index (κ2) is 6.24. The molecule has 2 fully saturated rings. The molecular weight excluding hydrogens is 334 g/mol. The third-order valence-electron chi connectivity index (χ3n) is 6.38. The van der Waals surface area contributed by atoms with Gasteiger partial charge in [-0.3, -0.25) is 0 Å². The molecule has 4 heterocycles. The summed E-state index contributed by atoms with van der Waals surface area (Å²) in [4.78, 5) is 2.58. The summed E-state index contributed by atoms with van der Waals surface area (Å²) in [6, 6.07) is 1.45. The quantitative estimate of drug-likeness (QED) is 0.835. The molecule has 24 heavy (non-hydrogen) atoms. The summed E-state index contributed by atoms with van der Waals surface area (Å²) in [6.07, 6.45) is 6.02. The predicted molar refractivity (Wildman–Crippen MR) is 103 cm³/mol. The molecule has 4 heteroatoms.